The molecule has 6 heteroatoms. The lowest BCUT2D eigenvalue weighted by Gasteiger charge is -2.41. The molecule has 0 saturated heterocycles. The van der Waals surface area contributed by atoms with Crippen molar-refractivity contribution in [1.29, 1.82) is 0 Å². The maximum atomic E-state index is 11.2. The van der Waals surface area contributed by atoms with Gasteiger partial charge in [0.2, 0.25) is 0 Å². The Morgan fingerprint density at radius 3 is 2.06 bits per heavy atom. The fourth-order valence-corrected chi connectivity index (χ4v) is 4.98. The van der Waals surface area contributed by atoms with Crippen LogP contribution < -0.4 is 9.47 Å². The van der Waals surface area contributed by atoms with Crippen LogP contribution in [-0.4, -0.2) is 36.4 Å². The minimum absolute atomic E-state index is 0.257. The highest BCUT2D eigenvalue weighted by Crippen LogP contribution is 2.48. The van der Waals surface area contributed by atoms with Crippen molar-refractivity contribution >= 4 is 11.9 Å². The van der Waals surface area contributed by atoms with Crippen LogP contribution in [-0.2, 0) is 38.3 Å². The SMILES string of the molecule is CCCCCCc1cc2c(c3c1OC(C)(CCOC(C)=O)CC3)OC(C)(CCOC(C)=O)CC2. The molecule has 0 N–H and O–H groups in total. The minimum Gasteiger partial charge on any atom is -0.487 e. The Bertz CT molecular complexity index is 878. The van der Waals surface area contributed by atoms with Crippen LogP contribution in [0.25, 0.3) is 0 Å². The summed E-state index contributed by atoms with van der Waals surface area (Å²) < 4.78 is 23.7. The Hall–Kier alpha value is -2.24. The third kappa shape index (κ3) is 6.89. The summed E-state index contributed by atoms with van der Waals surface area (Å²) in [6, 6.07) is 2.30. The molecular formula is C28H42O6. The van der Waals surface area contributed by atoms with Gasteiger partial charge in [-0.25, -0.2) is 0 Å². The molecule has 0 aliphatic carbocycles. The highest BCUT2D eigenvalue weighted by molar-refractivity contribution is 5.66. The van der Waals surface area contributed by atoms with Crippen LogP contribution in [0.4, 0.5) is 0 Å². The van der Waals surface area contributed by atoms with Crippen molar-refractivity contribution in [1.82, 2.24) is 0 Å². The molecule has 0 radical (unpaired) electrons. The standard InChI is InChI=1S/C28H42O6/c1-6-7-8-9-10-22-19-23-11-13-27(4,15-17-31-20(2)29)34-26(23)24-12-14-28(5,33-25(22)24)16-18-32-21(3)30/h19H,6-18H2,1-5H3. The van der Waals surface area contributed by atoms with Crippen molar-refractivity contribution < 1.29 is 28.5 Å². The Balaban J connectivity index is 1.85. The van der Waals surface area contributed by atoms with Crippen molar-refractivity contribution in [2.24, 2.45) is 0 Å². The Morgan fingerprint density at radius 2 is 1.47 bits per heavy atom. The first-order valence-electron chi connectivity index (χ1n) is 13.0. The van der Waals surface area contributed by atoms with Crippen LogP contribution in [0.3, 0.4) is 0 Å². The Labute approximate surface area is 204 Å². The molecule has 6 nitrogen and oxygen atoms in total. The van der Waals surface area contributed by atoms with Gasteiger partial charge in [0.25, 0.3) is 0 Å². The van der Waals surface area contributed by atoms with E-state index in [1.807, 2.05) is 0 Å². The molecule has 0 spiro atoms. The zero-order valence-electron chi connectivity index (χ0n) is 21.7. The molecule has 190 valence electrons. The maximum Gasteiger partial charge on any atom is 0.302 e. The number of rotatable bonds is 11. The molecule has 0 fully saturated rings. The molecule has 34 heavy (non-hydrogen) atoms. The molecule has 2 atom stereocenters. The maximum absolute atomic E-state index is 11.2. The lowest BCUT2D eigenvalue weighted by molar-refractivity contribution is -0.143. The van der Waals surface area contributed by atoms with E-state index in [1.165, 1.54) is 49.8 Å². The number of benzene rings is 1. The average molecular weight is 475 g/mol. The predicted octanol–water partition coefficient (Wildman–Crippen LogP) is 5.88. The number of carbonyl (C=O) groups excluding carboxylic acids is 2. The van der Waals surface area contributed by atoms with Gasteiger partial charge in [-0.2, -0.15) is 0 Å². The topological polar surface area (TPSA) is 71.1 Å². The number of unbranched alkanes of at least 4 members (excludes halogenated alkanes) is 3. The largest absolute Gasteiger partial charge is 0.487 e. The van der Waals surface area contributed by atoms with Crippen LogP contribution in [0.2, 0.25) is 0 Å². The van der Waals surface area contributed by atoms with E-state index < -0.39 is 0 Å². The normalized spacial score (nSPS) is 23.2. The van der Waals surface area contributed by atoms with Gasteiger partial charge in [0.1, 0.15) is 22.7 Å². The van der Waals surface area contributed by atoms with Crippen molar-refractivity contribution in [3.63, 3.8) is 0 Å². The van der Waals surface area contributed by atoms with Gasteiger partial charge in [0, 0.05) is 32.3 Å². The summed E-state index contributed by atoms with van der Waals surface area (Å²) in [5.41, 5.74) is 2.97. The molecule has 2 heterocycles. The molecule has 2 unspecified atom stereocenters. The molecule has 2 aliphatic rings. The van der Waals surface area contributed by atoms with Crippen molar-refractivity contribution in [3.8, 4) is 11.5 Å². The molecule has 0 bridgehead atoms. The van der Waals surface area contributed by atoms with Gasteiger partial charge in [0.05, 0.1) is 13.2 Å². The van der Waals surface area contributed by atoms with E-state index in [4.69, 9.17) is 18.9 Å². The molecule has 1 aromatic rings. The Morgan fingerprint density at radius 1 is 0.882 bits per heavy atom. The second kappa shape index (κ2) is 11.5. The summed E-state index contributed by atoms with van der Waals surface area (Å²) >= 11 is 0. The molecule has 0 saturated carbocycles. The second-order valence-corrected chi connectivity index (χ2v) is 10.4. The van der Waals surface area contributed by atoms with E-state index in [9.17, 15) is 9.59 Å². The average Bonchev–Trinajstić information content (AvgIpc) is 2.76. The van der Waals surface area contributed by atoms with Crippen LogP contribution in [0.1, 0.15) is 103 Å². The van der Waals surface area contributed by atoms with Gasteiger partial charge < -0.3 is 18.9 Å². The van der Waals surface area contributed by atoms with E-state index >= 15 is 0 Å². The third-order valence-electron chi connectivity index (χ3n) is 7.18. The van der Waals surface area contributed by atoms with Crippen LogP contribution >= 0.6 is 0 Å². The Kier molecular flexibility index (Phi) is 8.89. The number of hydrogen-bond donors (Lipinski definition) is 0. The number of esters is 2. The summed E-state index contributed by atoms with van der Waals surface area (Å²) in [4.78, 5) is 22.5. The van der Waals surface area contributed by atoms with Gasteiger partial charge in [0.15, 0.2) is 0 Å². The number of carbonyl (C=O) groups is 2. The summed E-state index contributed by atoms with van der Waals surface area (Å²) in [6.45, 7) is 10.1. The van der Waals surface area contributed by atoms with E-state index in [-0.39, 0.29) is 23.1 Å². The molecule has 2 aliphatic heterocycles. The summed E-state index contributed by atoms with van der Waals surface area (Å²) in [6.07, 6.45) is 10.7. The summed E-state index contributed by atoms with van der Waals surface area (Å²) in [5, 5.41) is 0. The zero-order valence-corrected chi connectivity index (χ0v) is 21.7. The number of fused-ring (bicyclic) bond motifs is 3. The quantitative estimate of drug-likeness (QED) is 0.294. The molecule has 0 amide bonds. The van der Waals surface area contributed by atoms with Gasteiger partial charge in [-0.15, -0.1) is 0 Å². The second-order valence-electron chi connectivity index (χ2n) is 10.4. The summed E-state index contributed by atoms with van der Waals surface area (Å²) in [5.74, 6) is 1.42. The van der Waals surface area contributed by atoms with Crippen LogP contribution in [0, 0.1) is 0 Å². The fraction of sp³-hybridized carbons (Fsp3) is 0.714. The van der Waals surface area contributed by atoms with E-state index in [0.717, 1.165) is 50.0 Å². The van der Waals surface area contributed by atoms with Crippen LogP contribution in [0.15, 0.2) is 6.07 Å². The molecule has 0 aromatic heterocycles. The molecule has 1 aromatic carbocycles. The first-order chi connectivity index (χ1) is 16.1. The third-order valence-corrected chi connectivity index (χ3v) is 7.18. The van der Waals surface area contributed by atoms with E-state index in [0.29, 0.717) is 26.1 Å². The lowest BCUT2D eigenvalue weighted by Crippen LogP contribution is -2.41. The van der Waals surface area contributed by atoms with Gasteiger partial charge in [-0.3, -0.25) is 9.59 Å². The number of hydrogen-bond acceptors (Lipinski definition) is 6. The minimum atomic E-state index is -0.373. The number of ether oxygens (including phenoxy) is 4. The monoisotopic (exact) mass is 474 g/mol. The lowest BCUT2D eigenvalue weighted by atomic mass is 9.83. The van der Waals surface area contributed by atoms with Gasteiger partial charge >= 0.3 is 11.9 Å². The zero-order chi connectivity index (χ0) is 24.8. The first-order valence-corrected chi connectivity index (χ1v) is 13.0. The number of aryl methyl sites for hydroxylation is 2. The first kappa shape index (κ1) is 26.4. The van der Waals surface area contributed by atoms with Gasteiger partial charge in [-0.05, 0) is 69.6 Å². The van der Waals surface area contributed by atoms with Crippen molar-refractivity contribution in [2.45, 2.75) is 116 Å². The smallest absolute Gasteiger partial charge is 0.302 e. The van der Waals surface area contributed by atoms with E-state index in [2.05, 4.69) is 26.8 Å². The van der Waals surface area contributed by atoms with Crippen molar-refractivity contribution in [2.75, 3.05) is 13.2 Å². The predicted molar refractivity (Wildman–Crippen MR) is 131 cm³/mol. The summed E-state index contributed by atoms with van der Waals surface area (Å²) in [7, 11) is 0. The molecule has 3 rings (SSSR count). The van der Waals surface area contributed by atoms with Crippen molar-refractivity contribution in [3.05, 3.63) is 22.8 Å². The van der Waals surface area contributed by atoms with E-state index in [1.54, 1.807) is 0 Å². The highest BCUT2D eigenvalue weighted by Gasteiger charge is 2.39. The fourth-order valence-electron chi connectivity index (χ4n) is 4.98. The molecular weight excluding hydrogens is 432 g/mol. The van der Waals surface area contributed by atoms with Crippen LogP contribution in [0.5, 0.6) is 11.5 Å². The van der Waals surface area contributed by atoms with Gasteiger partial charge in [-0.1, -0.05) is 26.2 Å². The highest BCUT2D eigenvalue weighted by atomic mass is 16.5.